The van der Waals surface area contributed by atoms with Crippen LogP contribution in [-0.4, -0.2) is 115 Å². The number of hydrogen-bond acceptors (Lipinski definition) is 11. The summed E-state index contributed by atoms with van der Waals surface area (Å²) in [5.74, 6) is 0.699. The quantitative estimate of drug-likeness (QED) is 0.279. The van der Waals surface area contributed by atoms with E-state index in [1.807, 2.05) is 13.8 Å². The topological polar surface area (TPSA) is 133 Å². The van der Waals surface area contributed by atoms with E-state index in [9.17, 15) is 19.8 Å². The summed E-state index contributed by atoms with van der Waals surface area (Å²) in [6.07, 6.45) is 3.02. The lowest BCUT2D eigenvalue weighted by Crippen LogP contribution is -2.61. The highest BCUT2D eigenvalue weighted by molar-refractivity contribution is 5.80. The number of nitrogens with zero attached hydrogens (tertiary/aromatic N) is 1. The molecule has 0 aromatic carbocycles. The smallest absolute Gasteiger partial charge is 0.159 e. The summed E-state index contributed by atoms with van der Waals surface area (Å²) in [5, 5.41) is 23.1. The van der Waals surface area contributed by atoms with Crippen molar-refractivity contribution in [2.24, 2.45) is 11.8 Å². The van der Waals surface area contributed by atoms with Gasteiger partial charge in [-0.1, -0.05) is 66.7 Å². The lowest BCUT2D eigenvalue weighted by atomic mass is 9.87. The Hall–Kier alpha value is -1.54. The van der Waals surface area contributed by atoms with Crippen LogP contribution in [0.25, 0.3) is 0 Å². The molecule has 6 rings (SSSR count). The van der Waals surface area contributed by atoms with Gasteiger partial charge in [-0.2, -0.15) is 5.06 Å². The van der Waals surface area contributed by atoms with Gasteiger partial charge in [-0.15, -0.1) is 0 Å². The van der Waals surface area contributed by atoms with Crippen molar-refractivity contribution in [2.45, 2.75) is 167 Å². The summed E-state index contributed by atoms with van der Waals surface area (Å²) in [5.41, 5.74) is 2.32. The molecule has 6 aliphatic rings. The SMILES string of the molecule is C=C1CCCOC1.C=C1C[C@H](CCC(=O)CN2O[C@H]3[C@@H](O)[C@H]4O[C@@H](CC(=O)C[C@H]5COC[C@@H]5C)CC[C@@H]4O[C@H]3[C@H]2O)O[C@H]1CC.CC.CCC. The van der Waals surface area contributed by atoms with Crippen LogP contribution < -0.4 is 0 Å². The number of hydroxylamine groups is 2. The minimum atomic E-state index is -1.17. The summed E-state index contributed by atoms with van der Waals surface area (Å²) in [7, 11) is 0. The zero-order valence-corrected chi connectivity index (χ0v) is 31.7. The minimum absolute atomic E-state index is 0.0106. The first-order valence-corrected chi connectivity index (χ1v) is 19.3. The number of hydrogen-bond donors (Lipinski definition) is 2. The standard InChI is InChI=1S/C28H43NO9.C6H10O.C3H8.C2H6/c1-4-22-15(2)9-20(35-22)6-5-18(30)12-29-28(33)27-26(38-29)24(32)25-23(37-27)8-7-21(36-25)11-19(31)10-17-14-34-13-16(17)3;1-6-3-2-4-7-5-6;1-3-2;1-2/h16-17,20-28,32-33H,2,4-14H2,1,3H3;1-5H2;3H2,1-2H3;1-2H3/t16-,17-,20-,21+,22-,23-,24-,25-,26-,27+,28+;;;/m0.../s1. The molecule has 50 heavy (non-hydrogen) atoms. The molecule has 0 unspecified atom stereocenters. The van der Waals surface area contributed by atoms with Gasteiger partial charge in [0.2, 0.25) is 0 Å². The van der Waals surface area contributed by atoms with E-state index >= 15 is 0 Å². The zero-order valence-electron chi connectivity index (χ0n) is 31.7. The highest BCUT2D eigenvalue weighted by Gasteiger charge is 2.57. The summed E-state index contributed by atoms with van der Waals surface area (Å²) in [4.78, 5) is 31.2. The molecule has 288 valence electrons. The van der Waals surface area contributed by atoms with Crippen LogP contribution in [0.2, 0.25) is 0 Å². The van der Waals surface area contributed by atoms with E-state index in [1.165, 1.54) is 29.9 Å². The van der Waals surface area contributed by atoms with Crippen LogP contribution in [0.15, 0.2) is 24.3 Å². The predicted octanol–water partition coefficient (Wildman–Crippen LogP) is 5.50. The Morgan fingerprint density at radius 2 is 1.64 bits per heavy atom. The van der Waals surface area contributed by atoms with Gasteiger partial charge in [0, 0.05) is 32.5 Å². The Balaban J connectivity index is 0.000000484. The van der Waals surface area contributed by atoms with E-state index < -0.39 is 36.7 Å². The third-order valence-electron chi connectivity index (χ3n) is 10.0. The Labute approximate surface area is 301 Å². The lowest BCUT2D eigenvalue weighted by Gasteiger charge is -2.45. The molecule has 6 fully saturated rings. The van der Waals surface area contributed by atoms with Gasteiger partial charge >= 0.3 is 0 Å². The van der Waals surface area contributed by atoms with Crippen molar-refractivity contribution in [1.82, 2.24) is 5.06 Å². The van der Waals surface area contributed by atoms with E-state index in [1.54, 1.807) is 0 Å². The van der Waals surface area contributed by atoms with Crippen LogP contribution in [0.5, 0.6) is 0 Å². The van der Waals surface area contributed by atoms with Gasteiger partial charge in [0.05, 0.1) is 44.2 Å². The number of carbonyl (C=O) groups is 2. The molecule has 2 N–H and O–H groups in total. The van der Waals surface area contributed by atoms with Gasteiger partial charge in [0.1, 0.15) is 36.0 Å². The van der Waals surface area contributed by atoms with Crippen molar-refractivity contribution in [2.75, 3.05) is 33.0 Å². The second kappa shape index (κ2) is 21.9. The maximum Gasteiger partial charge on any atom is 0.159 e. The fraction of sp³-hybridized carbons (Fsp3) is 0.846. The number of Topliss-reactive ketones (excluding diaryl/α,β-unsaturated/α-hetero) is 2. The number of aliphatic hydroxyl groups is 2. The Kier molecular flexibility index (Phi) is 18.7. The molecule has 6 saturated heterocycles. The molecule has 11 heteroatoms. The van der Waals surface area contributed by atoms with E-state index in [0.29, 0.717) is 57.7 Å². The number of carbonyl (C=O) groups excluding carboxylic acids is 2. The van der Waals surface area contributed by atoms with E-state index in [4.69, 9.17) is 28.5 Å². The average Bonchev–Trinajstić information content (AvgIpc) is 3.78. The number of ether oxygens (including phenoxy) is 5. The van der Waals surface area contributed by atoms with Crippen molar-refractivity contribution in [1.29, 1.82) is 0 Å². The van der Waals surface area contributed by atoms with Gasteiger partial charge in [0.25, 0.3) is 0 Å². The van der Waals surface area contributed by atoms with Crippen molar-refractivity contribution >= 4 is 11.6 Å². The van der Waals surface area contributed by atoms with Crippen LogP contribution in [0.3, 0.4) is 0 Å². The molecule has 11 atom stereocenters. The molecular weight excluding hydrogens is 642 g/mol. The third-order valence-corrected chi connectivity index (χ3v) is 10.0. The van der Waals surface area contributed by atoms with Crippen molar-refractivity contribution < 1.29 is 48.3 Å². The minimum Gasteiger partial charge on any atom is -0.387 e. The highest BCUT2D eigenvalue weighted by atomic mass is 16.7. The Bertz CT molecular complexity index is 1060. The number of rotatable bonds is 10. The fourth-order valence-electron chi connectivity index (χ4n) is 7.26. The first kappa shape index (κ1) is 42.9. The number of aliphatic hydroxyl groups excluding tert-OH is 2. The Morgan fingerprint density at radius 3 is 2.22 bits per heavy atom. The van der Waals surface area contributed by atoms with Crippen LogP contribution in [-0.2, 0) is 38.1 Å². The van der Waals surface area contributed by atoms with E-state index in [0.717, 1.165) is 31.6 Å². The molecule has 11 nitrogen and oxygen atoms in total. The second-order valence-corrected chi connectivity index (χ2v) is 14.4. The van der Waals surface area contributed by atoms with E-state index in [-0.39, 0.29) is 42.3 Å². The third kappa shape index (κ3) is 12.3. The molecule has 0 bridgehead atoms. The van der Waals surface area contributed by atoms with Gasteiger partial charge in [-0.3, -0.25) is 14.4 Å². The summed E-state index contributed by atoms with van der Waals surface area (Å²) in [6.45, 7) is 23.2. The molecule has 0 amide bonds. The maximum absolute atomic E-state index is 12.7. The first-order valence-electron chi connectivity index (χ1n) is 19.3. The van der Waals surface area contributed by atoms with Gasteiger partial charge in [-0.25, -0.2) is 0 Å². The molecule has 0 aromatic rings. The van der Waals surface area contributed by atoms with Crippen LogP contribution >= 0.6 is 0 Å². The highest BCUT2D eigenvalue weighted by Crippen LogP contribution is 2.39. The van der Waals surface area contributed by atoms with Crippen LogP contribution in [0, 0.1) is 11.8 Å². The predicted molar refractivity (Wildman–Crippen MR) is 191 cm³/mol. The van der Waals surface area contributed by atoms with Crippen molar-refractivity contribution in [3.63, 3.8) is 0 Å². The lowest BCUT2D eigenvalue weighted by molar-refractivity contribution is -0.268. The normalized spacial score (nSPS) is 36.5. The maximum atomic E-state index is 12.7. The van der Waals surface area contributed by atoms with Crippen LogP contribution in [0.4, 0.5) is 0 Å². The zero-order chi connectivity index (χ0) is 36.8. The second-order valence-electron chi connectivity index (χ2n) is 14.4. The molecule has 0 saturated carbocycles. The van der Waals surface area contributed by atoms with Crippen molar-refractivity contribution in [3.8, 4) is 0 Å². The summed E-state index contributed by atoms with van der Waals surface area (Å²) in [6, 6.07) is 0. The average molecular weight is 710 g/mol. The molecular formula is C39H67NO10. The molecule has 0 aromatic heterocycles. The fourth-order valence-corrected chi connectivity index (χ4v) is 7.26. The first-order chi connectivity index (χ1) is 24.0. The number of fused-ring (bicyclic) bond motifs is 2. The molecule has 6 heterocycles. The van der Waals surface area contributed by atoms with Gasteiger partial charge < -0.3 is 33.9 Å². The van der Waals surface area contributed by atoms with E-state index in [2.05, 4.69) is 40.9 Å². The van der Waals surface area contributed by atoms with Crippen LogP contribution in [0.1, 0.15) is 112 Å². The monoisotopic (exact) mass is 709 g/mol. The molecule has 0 spiro atoms. The number of ketones is 2. The summed E-state index contributed by atoms with van der Waals surface area (Å²) >= 11 is 0. The largest absolute Gasteiger partial charge is 0.387 e. The van der Waals surface area contributed by atoms with Crippen molar-refractivity contribution in [3.05, 3.63) is 24.3 Å². The Morgan fingerprint density at radius 1 is 0.900 bits per heavy atom. The molecule has 0 aliphatic carbocycles. The van der Waals surface area contributed by atoms with Gasteiger partial charge in [-0.05, 0) is 62.4 Å². The molecule has 0 radical (unpaired) electrons. The van der Waals surface area contributed by atoms with Gasteiger partial charge in [0.15, 0.2) is 6.23 Å². The summed E-state index contributed by atoms with van der Waals surface area (Å²) < 4.78 is 28.8. The molecule has 6 aliphatic heterocycles.